The molecule has 0 saturated heterocycles. The molecule has 124 valence electrons. The Morgan fingerprint density at radius 1 is 0.864 bits per heavy atom. The van der Waals surface area contributed by atoms with E-state index in [4.69, 9.17) is 14.0 Å². The summed E-state index contributed by atoms with van der Waals surface area (Å²) in [5.74, 6) is 4.90. The molecule has 0 aromatic heterocycles. The summed E-state index contributed by atoms with van der Waals surface area (Å²) in [6.07, 6.45) is 0. The monoisotopic (exact) mass is 338 g/mol. The van der Waals surface area contributed by atoms with E-state index >= 15 is 0 Å². The van der Waals surface area contributed by atoms with Gasteiger partial charge in [0.2, 0.25) is 0 Å². The fraction of sp³-hybridized carbons (Fsp3) is 0.647. The van der Waals surface area contributed by atoms with E-state index in [0.717, 1.165) is 47.0 Å². The maximum absolute atomic E-state index is 8.25. The average Bonchev–Trinajstić information content (AvgIpc) is 2.52. The number of benzene rings is 1. The Balaban J connectivity index is -0.000000267. The first-order chi connectivity index (χ1) is 10.6. The summed E-state index contributed by atoms with van der Waals surface area (Å²) >= 11 is 0.880. The molecule has 5 heteroatoms. The molecule has 0 bridgehead atoms. The molecule has 0 aliphatic carbocycles. The van der Waals surface area contributed by atoms with Crippen LogP contribution in [0.15, 0.2) is 30.3 Å². The maximum atomic E-state index is 8.25. The third kappa shape index (κ3) is 25.0. The van der Waals surface area contributed by atoms with Crippen molar-refractivity contribution in [2.45, 2.75) is 44.0 Å². The normalized spacial score (nSPS) is 8.14. The third-order valence-electron chi connectivity index (χ3n) is 2.27. The summed E-state index contributed by atoms with van der Waals surface area (Å²) in [6, 6.07) is 9.87. The van der Waals surface area contributed by atoms with Crippen LogP contribution in [0.4, 0.5) is 0 Å². The van der Waals surface area contributed by atoms with Crippen molar-refractivity contribution in [2.75, 3.05) is 14.2 Å². The van der Waals surface area contributed by atoms with Gasteiger partial charge in [0.15, 0.2) is 0 Å². The third-order valence-corrected chi connectivity index (χ3v) is 5.33. The molecule has 0 unspecified atom stereocenters. The van der Waals surface area contributed by atoms with Gasteiger partial charge >= 0.3 is 127 Å². The van der Waals surface area contributed by atoms with E-state index in [0.29, 0.717) is 0 Å². The van der Waals surface area contributed by atoms with Gasteiger partial charge in [0.25, 0.3) is 0 Å². The first-order valence-corrected chi connectivity index (χ1v) is 10.9. The summed E-state index contributed by atoms with van der Waals surface area (Å²) in [7, 11) is 1.50. The minimum absolute atomic E-state index is 0.125. The van der Waals surface area contributed by atoms with E-state index in [1.807, 2.05) is 30.3 Å². The molecule has 0 N–H and O–H groups in total. The van der Waals surface area contributed by atoms with Gasteiger partial charge in [0.1, 0.15) is 0 Å². The zero-order valence-electron chi connectivity index (χ0n) is 15.3. The molecule has 0 radical (unpaired) electrons. The van der Waals surface area contributed by atoms with Gasteiger partial charge in [-0.25, -0.2) is 0 Å². The molecule has 1 aromatic carbocycles. The van der Waals surface area contributed by atoms with E-state index in [2.05, 4.69) is 33.5 Å². The summed E-state index contributed by atoms with van der Waals surface area (Å²) in [6.45, 7) is 9.25. The van der Waals surface area contributed by atoms with Crippen LogP contribution in [-0.4, -0.2) is 45.0 Å². The number of rotatable bonds is 6. The molecular weight excluding hydrogens is 306 g/mol. The number of hydrogen-bond acceptors (Lipinski definition) is 3. The SMILES string of the molecule is CC(C)[CH2][Al+][CH2]C(C)C.C[O-].C[O-].[CH3][Al+][O]c1ccccc1. The molecule has 0 aliphatic heterocycles. The predicted molar refractivity (Wildman–Crippen MR) is 95.6 cm³/mol. The zero-order valence-corrected chi connectivity index (χ0v) is 17.6. The molecule has 0 heterocycles. The van der Waals surface area contributed by atoms with Crippen LogP contribution in [0.25, 0.3) is 0 Å². The Bertz CT molecular complexity index is 272. The fourth-order valence-corrected chi connectivity index (χ4v) is 3.35. The first-order valence-electron chi connectivity index (χ1n) is 7.69. The van der Waals surface area contributed by atoms with Gasteiger partial charge in [-0.3, -0.25) is 0 Å². The van der Waals surface area contributed by atoms with Crippen molar-refractivity contribution in [3.63, 3.8) is 0 Å². The fourth-order valence-electron chi connectivity index (χ4n) is 1.40. The topological polar surface area (TPSA) is 55.3 Å². The van der Waals surface area contributed by atoms with Crippen LogP contribution >= 0.6 is 0 Å². The number of hydrogen-bond donors (Lipinski definition) is 0. The van der Waals surface area contributed by atoms with Crippen molar-refractivity contribution in [3.05, 3.63) is 30.3 Å². The van der Waals surface area contributed by atoms with Crippen molar-refractivity contribution in [2.24, 2.45) is 11.8 Å². The van der Waals surface area contributed by atoms with Crippen molar-refractivity contribution in [3.8, 4) is 5.75 Å². The Hall–Kier alpha value is 0.00494. The van der Waals surface area contributed by atoms with Crippen LogP contribution in [0.3, 0.4) is 0 Å². The van der Waals surface area contributed by atoms with E-state index < -0.39 is 0 Å². The van der Waals surface area contributed by atoms with Crippen LogP contribution < -0.4 is 14.0 Å². The first kappa shape index (κ1) is 26.9. The average molecular weight is 338 g/mol. The van der Waals surface area contributed by atoms with Gasteiger partial charge in [0, 0.05) is 0 Å². The summed E-state index contributed by atoms with van der Waals surface area (Å²) in [5, 5.41) is 19.5. The van der Waals surface area contributed by atoms with Crippen LogP contribution in [0.1, 0.15) is 27.7 Å². The molecular formula is C17H32Al2O3. The molecule has 0 saturated carbocycles. The summed E-state index contributed by atoms with van der Waals surface area (Å²) in [4.78, 5) is 0. The minimum atomic E-state index is 0.125. The van der Waals surface area contributed by atoms with Gasteiger partial charge < -0.3 is 10.2 Å². The van der Waals surface area contributed by atoms with E-state index in [-0.39, 0.29) is 15.6 Å². The molecule has 1 aromatic rings. The predicted octanol–water partition coefficient (Wildman–Crippen LogP) is 2.52. The van der Waals surface area contributed by atoms with Gasteiger partial charge in [-0.1, -0.05) is 0 Å². The van der Waals surface area contributed by atoms with E-state index in [1.165, 1.54) is 10.6 Å². The van der Waals surface area contributed by atoms with Gasteiger partial charge in [-0.15, -0.1) is 0 Å². The van der Waals surface area contributed by atoms with E-state index in [9.17, 15) is 0 Å². The molecule has 0 amide bonds. The Kier molecular flexibility index (Phi) is 28.4. The Morgan fingerprint density at radius 3 is 1.59 bits per heavy atom. The van der Waals surface area contributed by atoms with Crippen molar-refractivity contribution in [1.29, 1.82) is 0 Å². The molecule has 0 fully saturated rings. The summed E-state index contributed by atoms with van der Waals surface area (Å²) in [5.41, 5.74) is 0. The van der Waals surface area contributed by atoms with E-state index in [1.54, 1.807) is 0 Å². The number of para-hydroxylation sites is 1. The van der Waals surface area contributed by atoms with Crippen molar-refractivity contribution < 1.29 is 14.0 Å². The quantitative estimate of drug-likeness (QED) is 0.749. The molecule has 0 spiro atoms. The van der Waals surface area contributed by atoms with Crippen LogP contribution in [0, 0.1) is 11.8 Å². The van der Waals surface area contributed by atoms with Crippen molar-refractivity contribution in [1.82, 2.24) is 0 Å². The van der Waals surface area contributed by atoms with Gasteiger partial charge in [-0.2, -0.15) is 14.2 Å². The Labute approximate surface area is 150 Å². The molecule has 0 aliphatic rings. The molecule has 1 rings (SSSR count). The second kappa shape index (κ2) is 23.3. The molecule has 22 heavy (non-hydrogen) atoms. The molecule has 3 nitrogen and oxygen atoms in total. The second-order valence-corrected chi connectivity index (χ2v) is 7.44. The van der Waals surface area contributed by atoms with Crippen LogP contribution in [0.2, 0.25) is 16.4 Å². The zero-order chi connectivity index (χ0) is 17.8. The van der Waals surface area contributed by atoms with Crippen molar-refractivity contribution >= 4 is 30.8 Å². The summed E-state index contributed by atoms with van der Waals surface area (Å²) < 4.78 is 5.29. The van der Waals surface area contributed by atoms with Gasteiger partial charge in [0.05, 0.1) is 0 Å². The van der Waals surface area contributed by atoms with Gasteiger partial charge in [-0.05, 0) is 0 Å². The van der Waals surface area contributed by atoms with Crippen LogP contribution in [-0.2, 0) is 0 Å². The molecule has 0 atom stereocenters. The second-order valence-electron chi connectivity index (χ2n) is 5.21. The Morgan fingerprint density at radius 2 is 1.27 bits per heavy atom. The standard InChI is InChI=1S/C6H6O.2C4H9.2CH3O.CH3.2Al/c7-6-4-2-1-3-5-6;2*1-4(2)3;2*1-2;;;/h1-5,7H;2*4H,1H2,2-3H3;2*1H3;1H3;;/q;;;2*-1;;+1;+2/p-1. The van der Waals surface area contributed by atoms with Crippen LogP contribution in [0.5, 0.6) is 5.75 Å².